The van der Waals surface area contributed by atoms with Crippen molar-refractivity contribution < 1.29 is 4.79 Å². The van der Waals surface area contributed by atoms with Gasteiger partial charge in [0.2, 0.25) is 5.91 Å². The van der Waals surface area contributed by atoms with E-state index in [2.05, 4.69) is 36.4 Å². The molecular weight excluding hydrogens is 254 g/mol. The summed E-state index contributed by atoms with van der Waals surface area (Å²) in [5, 5.41) is 11.4. The van der Waals surface area contributed by atoms with Crippen LogP contribution in [-0.2, 0) is 16.9 Å². The largest absolute Gasteiger partial charge is 0.342 e. The van der Waals surface area contributed by atoms with E-state index in [4.69, 9.17) is 0 Å². The molecule has 1 rings (SSSR count). The molecule has 0 saturated carbocycles. The van der Waals surface area contributed by atoms with E-state index in [9.17, 15) is 4.79 Å². The highest BCUT2D eigenvalue weighted by atomic mass is 16.2. The third kappa shape index (κ3) is 4.30. The standard InChI is InChI=1S/C14H27N5O/c1-7-18(8-2)13(20)11(3)15-9-12-10-19(17-16-12)14(4,5)6/h10-11,15H,7-9H2,1-6H3. The highest BCUT2D eigenvalue weighted by molar-refractivity contribution is 5.81. The van der Waals surface area contributed by atoms with Gasteiger partial charge in [-0.1, -0.05) is 5.21 Å². The molecule has 0 bridgehead atoms. The van der Waals surface area contributed by atoms with Crippen LogP contribution in [0.15, 0.2) is 6.20 Å². The van der Waals surface area contributed by atoms with E-state index in [-0.39, 0.29) is 17.5 Å². The Morgan fingerprint density at radius 2 is 2.00 bits per heavy atom. The van der Waals surface area contributed by atoms with Crippen LogP contribution in [-0.4, -0.2) is 44.9 Å². The molecule has 1 amide bonds. The van der Waals surface area contributed by atoms with E-state index in [1.165, 1.54) is 0 Å². The second kappa shape index (κ2) is 6.83. The zero-order valence-corrected chi connectivity index (χ0v) is 13.5. The average molecular weight is 281 g/mol. The first kappa shape index (κ1) is 16.6. The van der Waals surface area contributed by atoms with Crippen LogP contribution in [0.3, 0.4) is 0 Å². The van der Waals surface area contributed by atoms with Crippen molar-refractivity contribution in [1.29, 1.82) is 0 Å². The molecule has 1 aromatic heterocycles. The lowest BCUT2D eigenvalue weighted by Crippen LogP contribution is -2.44. The van der Waals surface area contributed by atoms with Crippen LogP contribution in [0.25, 0.3) is 0 Å². The summed E-state index contributed by atoms with van der Waals surface area (Å²) in [5.74, 6) is 0.123. The molecule has 6 nitrogen and oxygen atoms in total. The van der Waals surface area contributed by atoms with Crippen LogP contribution in [0, 0.1) is 0 Å². The lowest BCUT2D eigenvalue weighted by Gasteiger charge is -2.23. The maximum atomic E-state index is 12.1. The number of aromatic nitrogens is 3. The number of rotatable bonds is 6. The minimum absolute atomic E-state index is 0.0755. The van der Waals surface area contributed by atoms with Gasteiger partial charge in [-0.3, -0.25) is 4.79 Å². The predicted molar refractivity (Wildman–Crippen MR) is 79.2 cm³/mol. The number of carbonyl (C=O) groups excluding carboxylic acids is 1. The highest BCUT2D eigenvalue weighted by Gasteiger charge is 2.19. The molecule has 0 aliphatic carbocycles. The third-order valence-electron chi connectivity index (χ3n) is 3.26. The molecule has 6 heteroatoms. The van der Waals surface area contributed by atoms with Crippen LogP contribution < -0.4 is 5.32 Å². The minimum Gasteiger partial charge on any atom is -0.342 e. The smallest absolute Gasteiger partial charge is 0.239 e. The van der Waals surface area contributed by atoms with Crippen LogP contribution in [0.4, 0.5) is 0 Å². The quantitative estimate of drug-likeness (QED) is 0.855. The van der Waals surface area contributed by atoms with Gasteiger partial charge < -0.3 is 10.2 Å². The summed E-state index contributed by atoms with van der Waals surface area (Å²) in [6, 6.07) is -0.213. The van der Waals surface area contributed by atoms with E-state index in [0.29, 0.717) is 6.54 Å². The number of nitrogens with one attached hydrogen (secondary N) is 1. The summed E-state index contributed by atoms with van der Waals surface area (Å²) in [4.78, 5) is 13.9. The molecular formula is C14H27N5O. The maximum Gasteiger partial charge on any atom is 0.239 e. The Balaban J connectivity index is 2.55. The molecule has 1 aromatic rings. The summed E-state index contributed by atoms with van der Waals surface area (Å²) in [5.41, 5.74) is 0.771. The van der Waals surface area contributed by atoms with Crippen molar-refractivity contribution in [2.45, 2.75) is 59.7 Å². The van der Waals surface area contributed by atoms with Crippen molar-refractivity contribution >= 4 is 5.91 Å². The molecule has 114 valence electrons. The SMILES string of the molecule is CCN(CC)C(=O)C(C)NCc1cn(C(C)(C)C)nn1. The van der Waals surface area contributed by atoms with Gasteiger partial charge in [-0.25, -0.2) is 4.68 Å². The number of carbonyl (C=O) groups is 1. The monoisotopic (exact) mass is 281 g/mol. The zero-order chi connectivity index (χ0) is 15.3. The Hall–Kier alpha value is -1.43. The highest BCUT2D eigenvalue weighted by Crippen LogP contribution is 2.11. The molecule has 0 saturated heterocycles. The fraction of sp³-hybridized carbons (Fsp3) is 0.786. The summed E-state index contributed by atoms with van der Waals surface area (Å²) < 4.78 is 1.83. The molecule has 1 unspecified atom stereocenters. The van der Waals surface area contributed by atoms with E-state index >= 15 is 0 Å². The average Bonchev–Trinajstić information content (AvgIpc) is 2.86. The third-order valence-corrected chi connectivity index (χ3v) is 3.26. The first-order chi connectivity index (χ1) is 9.29. The van der Waals surface area contributed by atoms with Crippen LogP contribution in [0.2, 0.25) is 0 Å². The Kier molecular flexibility index (Phi) is 5.68. The first-order valence-electron chi connectivity index (χ1n) is 7.23. The molecule has 1 heterocycles. The van der Waals surface area contributed by atoms with E-state index in [0.717, 1.165) is 18.8 Å². The van der Waals surface area contributed by atoms with Crippen molar-refractivity contribution in [3.05, 3.63) is 11.9 Å². The van der Waals surface area contributed by atoms with Gasteiger partial charge in [-0.15, -0.1) is 5.10 Å². The van der Waals surface area contributed by atoms with Gasteiger partial charge in [-0.2, -0.15) is 0 Å². The van der Waals surface area contributed by atoms with Gasteiger partial charge in [0.15, 0.2) is 0 Å². The fourth-order valence-corrected chi connectivity index (χ4v) is 1.86. The molecule has 20 heavy (non-hydrogen) atoms. The van der Waals surface area contributed by atoms with Gasteiger partial charge >= 0.3 is 0 Å². The first-order valence-corrected chi connectivity index (χ1v) is 7.23. The maximum absolute atomic E-state index is 12.1. The van der Waals surface area contributed by atoms with E-state index < -0.39 is 0 Å². The Bertz CT molecular complexity index is 431. The van der Waals surface area contributed by atoms with E-state index in [1.807, 2.05) is 36.5 Å². The summed E-state index contributed by atoms with van der Waals surface area (Å²) in [6.45, 7) is 14.1. The molecule has 0 aliphatic rings. The Morgan fingerprint density at radius 1 is 1.40 bits per heavy atom. The van der Waals surface area contributed by atoms with Crippen LogP contribution in [0.5, 0.6) is 0 Å². The molecule has 0 aliphatic heterocycles. The lowest BCUT2D eigenvalue weighted by atomic mass is 10.1. The number of hydrogen-bond donors (Lipinski definition) is 1. The number of nitrogens with zero attached hydrogens (tertiary/aromatic N) is 4. The Morgan fingerprint density at radius 3 is 2.45 bits per heavy atom. The molecule has 1 N–H and O–H groups in total. The second-order valence-corrected chi connectivity index (χ2v) is 5.94. The van der Waals surface area contributed by atoms with Gasteiger partial charge in [0.05, 0.1) is 23.5 Å². The normalized spacial score (nSPS) is 13.3. The van der Waals surface area contributed by atoms with Gasteiger partial charge in [-0.05, 0) is 41.5 Å². The molecule has 0 spiro atoms. The van der Waals surface area contributed by atoms with Crippen molar-refractivity contribution in [3.63, 3.8) is 0 Å². The van der Waals surface area contributed by atoms with Crippen molar-refractivity contribution in [2.75, 3.05) is 13.1 Å². The van der Waals surface area contributed by atoms with Crippen molar-refractivity contribution in [2.24, 2.45) is 0 Å². The molecule has 0 aromatic carbocycles. The summed E-state index contributed by atoms with van der Waals surface area (Å²) in [6.07, 6.45) is 1.92. The minimum atomic E-state index is -0.213. The zero-order valence-electron chi connectivity index (χ0n) is 13.5. The van der Waals surface area contributed by atoms with Gasteiger partial charge in [0, 0.05) is 19.6 Å². The molecule has 1 atom stereocenters. The molecule has 0 radical (unpaired) electrons. The van der Waals surface area contributed by atoms with Gasteiger partial charge in [0.25, 0.3) is 0 Å². The predicted octanol–water partition coefficient (Wildman–Crippen LogP) is 1.38. The summed E-state index contributed by atoms with van der Waals surface area (Å²) >= 11 is 0. The number of hydrogen-bond acceptors (Lipinski definition) is 4. The van der Waals surface area contributed by atoms with Gasteiger partial charge in [0.1, 0.15) is 0 Å². The van der Waals surface area contributed by atoms with Crippen molar-refractivity contribution in [3.8, 4) is 0 Å². The summed E-state index contributed by atoms with van der Waals surface area (Å²) in [7, 11) is 0. The van der Waals surface area contributed by atoms with Crippen LogP contribution >= 0.6 is 0 Å². The number of likely N-dealkylation sites (N-methyl/N-ethyl adjacent to an activating group) is 1. The Labute approximate surface area is 121 Å². The lowest BCUT2D eigenvalue weighted by molar-refractivity contribution is -0.132. The second-order valence-electron chi connectivity index (χ2n) is 5.94. The topological polar surface area (TPSA) is 63.1 Å². The van der Waals surface area contributed by atoms with Crippen molar-refractivity contribution in [1.82, 2.24) is 25.2 Å². The number of amides is 1. The molecule has 0 fully saturated rings. The van der Waals surface area contributed by atoms with Crippen LogP contribution in [0.1, 0.15) is 47.2 Å². The fourth-order valence-electron chi connectivity index (χ4n) is 1.86. The van der Waals surface area contributed by atoms with E-state index in [1.54, 1.807) is 0 Å².